The first-order valence-corrected chi connectivity index (χ1v) is 17.0. The number of benzene rings is 2. The number of aryl methyl sites for hydroxylation is 2. The quantitative estimate of drug-likeness (QED) is 0.134. The fourth-order valence-corrected chi connectivity index (χ4v) is 6.61. The van der Waals surface area contributed by atoms with Crippen LogP contribution in [0.4, 0.5) is 0 Å². The van der Waals surface area contributed by atoms with Crippen molar-refractivity contribution in [2.24, 2.45) is 0 Å². The molecule has 41 heavy (non-hydrogen) atoms. The van der Waals surface area contributed by atoms with Gasteiger partial charge >= 0.3 is 11.9 Å². The van der Waals surface area contributed by atoms with E-state index in [9.17, 15) is 9.59 Å². The minimum atomic E-state index is -0.481. The second-order valence-corrected chi connectivity index (χ2v) is 11.7. The summed E-state index contributed by atoms with van der Waals surface area (Å²) >= 11 is 0. The maximum absolute atomic E-state index is 13.9. The average molecular weight is 563 g/mol. The van der Waals surface area contributed by atoms with Gasteiger partial charge in [0, 0.05) is 0 Å². The van der Waals surface area contributed by atoms with E-state index in [1.54, 1.807) is 0 Å². The minimum Gasteiger partial charge on any atom is -0.386 e. The van der Waals surface area contributed by atoms with Crippen molar-refractivity contribution in [2.45, 2.75) is 158 Å². The Labute approximate surface area is 251 Å². The van der Waals surface area contributed by atoms with Crippen molar-refractivity contribution in [1.29, 1.82) is 0 Å². The van der Waals surface area contributed by atoms with Gasteiger partial charge < -0.3 is 4.74 Å². The summed E-state index contributed by atoms with van der Waals surface area (Å²) in [4.78, 5) is 27.8. The Kier molecular flexibility index (Phi) is 15.4. The molecule has 2 aromatic rings. The van der Waals surface area contributed by atoms with Gasteiger partial charge in [-0.2, -0.15) is 0 Å². The average Bonchev–Trinajstić information content (AvgIpc) is 2.94. The molecule has 0 aliphatic carbocycles. The molecular formula is C38H58O3. The first-order chi connectivity index (χ1) is 19.9. The van der Waals surface area contributed by atoms with E-state index in [4.69, 9.17) is 4.74 Å². The molecular weight excluding hydrogens is 504 g/mol. The van der Waals surface area contributed by atoms with Gasteiger partial charge in [-0.15, -0.1) is 0 Å². The third-order valence-corrected chi connectivity index (χ3v) is 8.18. The van der Waals surface area contributed by atoms with Crippen molar-refractivity contribution in [2.75, 3.05) is 0 Å². The first kappa shape index (κ1) is 34.8. The summed E-state index contributed by atoms with van der Waals surface area (Å²) in [6.45, 7) is 17.6. The highest BCUT2D eigenvalue weighted by Gasteiger charge is 2.26. The van der Waals surface area contributed by atoms with E-state index in [1.165, 1.54) is 33.4 Å². The molecule has 0 aromatic heterocycles. The van der Waals surface area contributed by atoms with Crippen LogP contribution in [-0.2, 0) is 56.1 Å². The van der Waals surface area contributed by atoms with E-state index < -0.39 is 11.9 Å². The smallest absolute Gasteiger partial charge is 0.346 e. The number of rotatable bonds is 18. The highest BCUT2D eigenvalue weighted by molar-refractivity contribution is 6.04. The van der Waals surface area contributed by atoms with Gasteiger partial charge in [0.15, 0.2) is 0 Å². The lowest BCUT2D eigenvalue weighted by Gasteiger charge is -2.23. The Morgan fingerprint density at radius 1 is 0.415 bits per heavy atom. The Balaban J connectivity index is 2.70. The second-order valence-electron chi connectivity index (χ2n) is 11.7. The van der Waals surface area contributed by atoms with Crippen LogP contribution >= 0.6 is 0 Å². The van der Waals surface area contributed by atoms with E-state index in [0.717, 1.165) is 114 Å². The molecule has 0 amide bonds. The normalized spacial score (nSPS) is 11.2. The van der Waals surface area contributed by atoms with Crippen molar-refractivity contribution in [3.63, 3.8) is 0 Å². The maximum Gasteiger partial charge on any atom is 0.346 e. The van der Waals surface area contributed by atoms with Crippen LogP contribution in [-0.4, -0.2) is 11.9 Å². The molecule has 0 fully saturated rings. The number of ether oxygens (including phenoxy) is 1. The number of hydrogen-bond acceptors (Lipinski definition) is 3. The van der Waals surface area contributed by atoms with Gasteiger partial charge in [-0.1, -0.05) is 107 Å². The molecule has 0 radical (unpaired) electrons. The zero-order valence-corrected chi connectivity index (χ0v) is 27.7. The standard InChI is InChI=1S/C38H58O3/c1-9-17-27-25-35(33(23-15-7)31(21-13-5)29(27)19-11-3)37(39)41-38(40)36-26-28(18-10-2)30(20-12-4)32(22-14-6)34(36)24-16-8/h25-26H,9-24H2,1-8H3. The molecule has 0 aliphatic rings. The lowest BCUT2D eigenvalue weighted by molar-refractivity contribution is 0.0396. The minimum absolute atomic E-state index is 0.481. The largest absolute Gasteiger partial charge is 0.386 e. The van der Waals surface area contributed by atoms with Gasteiger partial charge in [-0.3, -0.25) is 0 Å². The third-order valence-electron chi connectivity index (χ3n) is 8.18. The molecule has 0 unspecified atom stereocenters. The number of carbonyl (C=O) groups excluding carboxylic acids is 2. The number of esters is 2. The highest BCUT2D eigenvalue weighted by atomic mass is 16.6. The molecule has 0 spiro atoms. The Morgan fingerprint density at radius 3 is 0.976 bits per heavy atom. The lowest BCUT2D eigenvalue weighted by Crippen LogP contribution is -2.20. The van der Waals surface area contributed by atoms with Crippen LogP contribution in [0.25, 0.3) is 0 Å². The molecule has 0 saturated heterocycles. The van der Waals surface area contributed by atoms with Gasteiger partial charge in [-0.05, 0) is 108 Å². The lowest BCUT2D eigenvalue weighted by atomic mass is 9.84. The van der Waals surface area contributed by atoms with E-state index in [1.807, 2.05) is 0 Å². The van der Waals surface area contributed by atoms with Crippen LogP contribution in [0.15, 0.2) is 12.1 Å². The van der Waals surface area contributed by atoms with Crippen molar-refractivity contribution < 1.29 is 14.3 Å². The third kappa shape index (κ3) is 8.79. The van der Waals surface area contributed by atoms with Crippen molar-refractivity contribution in [3.05, 3.63) is 67.8 Å². The predicted octanol–water partition coefficient (Wildman–Crippen LogP) is 10.3. The van der Waals surface area contributed by atoms with Crippen molar-refractivity contribution >= 4 is 11.9 Å². The zero-order valence-electron chi connectivity index (χ0n) is 27.7. The summed E-state index contributed by atoms with van der Waals surface area (Å²) < 4.78 is 5.85. The summed E-state index contributed by atoms with van der Waals surface area (Å²) in [6.07, 6.45) is 15.6. The van der Waals surface area contributed by atoms with Gasteiger partial charge in [0.2, 0.25) is 0 Å². The Bertz CT molecular complexity index is 1050. The first-order valence-electron chi connectivity index (χ1n) is 17.0. The molecule has 0 saturated carbocycles. The highest BCUT2D eigenvalue weighted by Crippen LogP contribution is 2.32. The SMILES string of the molecule is CCCc1cc(C(=O)OC(=O)c2cc(CCC)c(CCC)c(CCC)c2CCC)c(CCC)c(CCC)c1CCC. The van der Waals surface area contributed by atoms with Crippen molar-refractivity contribution in [1.82, 2.24) is 0 Å². The van der Waals surface area contributed by atoms with Crippen LogP contribution in [0, 0.1) is 0 Å². The van der Waals surface area contributed by atoms with Crippen LogP contribution in [0.1, 0.15) is 172 Å². The molecule has 0 bridgehead atoms. The van der Waals surface area contributed by atoms with E-state index in [0.29, 0.717) is 11.1 Å². The van der Waals surface area contributed by atoms with Gasteiger partial charge in [0.05, 0.1) is 11.1 Å². The molecule has 2 rings (SSSR count). The molecule has 2 aromatic carbocycles. The molecule has 0 aliphatic heterocycles. The monoisotopic (exact) mass is 562 g/mol. The van der Waals surface area contributed by atoms with E-state index in [-0.39, 0.29) is 0 Å². The van der Waals surface area contributed by atoms with Crippen LogP contribution in [0.3, 0.4) is 0 Å². The fraction of sp³-hybridized carbons (Fsp3) is 0.632. The van der Waals surface area contributed by atoms with Gasteiger partial charge in [0.25, 0.3) is 0 Å². The Hall–Kier alpha value is -2.42. The maximum atomic E-state index is 13.9. The van der Waals surface area contributed by atoms with Crippen LogP contribution < -0.4 is 0 Å². The summed E-state index contributed by atoms with van der Waals surface area (Å²) in [5.41, 5.74) is 11.4. The number of carbonyl (C=O) groups is 2. The molecule has 0 atom stereocenters. The summed E-state index contributed by atoms with van der Waals surface area (Å²) in [5, 5.41) is 0. The molecule has 228 valence electrons. The van der Waals surface area contributed by atoms with E-state index in [2.05, 4.69) is 67.5 Å². The molecule has 3 heteroatoms. The second kappa shape index (κ2) is 18.2. The molecule has 3 nitrogen and oxygen atoms in total. The number of hydrogen-bond donors (Lipinski definition) is 0. The molecule has 0 heterocycles. The Morgan fingerprint density at radius 2 is 0.683 bits per heavy atom. The fourth-order valence-electron chi connectivity index (χ4n) is 6.61. The van der Waals surface area contributed by atoms with Gasteiger partial charge in [-0.25, -0.2) is 9.59 Å². The van der Waals surface area contributed by atoms with Gasteiger partial charge in [0.1, 0.15) is 0 Å². The van der Waals surface area contributed by atoms with Crippen LogP contribution in [0.5, 0.6) is 0 Å². The topological polar surface area (TPSA) is 43.4 Å². The predicted molar refractivity (Wildman–Crippen MR) is 175 cm³/mol. The van der Waals surface area contributed by atoms with Crippen LogP contribution in [0.2, 0.25) is 0 Å². The van der Waals surface area contributed by atoms with Crippen molar-refractivity contribution in [3.8, 4) is 0 Å². The zero-order chi connectivity index (χ0) is 30.4. The van der Waals surface area contributed by atoms with E-state index >= 15 is 0 Å². The molecule has 0 N–H and O–H groups in total. The summed E-state index contributed by atoms with van der Waals surface area (Å²) in [5.74, 6) is -0.962. The summed E-state index contributed by atoms with van der Waals surface area (Å²) in [7, 11) is 0. The summed E-state index contributed by atoms with van der Waals surface area (Å²) in [6, 6.07) is 4.13.